The Bertz CT molecular complexity index is 321. The van der Waals surface area contributed by atoms with Crippen molar-refractivity contribution in [3.8, 4) is 0 Å². The maximum atomic E-state index is 9.68. The van der Waals surface area contributed by atoms with Crippen LogP contribution in [-0.2, 0) is 9.47 Å². The Kier molecular flexibility index (Phi) is 5.96. The van der Waals surface area contributed by atoms with Gasteiger partial charge in [-0.1, -0.05) is 13.2 Å². The Balaban J connectivity index is 2.64. The minimum atomic E-state index is -0.729. The summed E-state index contributed by atoms with van der Waals surface area (Å²) < 4.78 is 11.1. The van der Waals surface area contributed by atoms with E-state index in [0.29, 0.717) is 12.0 Å². The van der Waals surface area contributed by atoms with Crippen LogP contribution in [0, 0.1) is 0 Å². The van der Waals surface area contributed by atoms with E-state index in [4.69, 9.17) is 20.3 Å². The molecule has 1 rings (SSSR count). The first-order chi connectivity index (χ1) is 8.86. The summed E-state index contributed by atoms with van der Waals surface area (Å²) in [5.41, 5.74) is 6.09. The van der Waals surface area contributed by atoms with Crippen molar-refractivity contribution in [2.24, 2.45) is 5.73 Å². The zero-order chi connectivity index (χ0) is 14.6. The molecule has 19 heavy (non-hydrogen) atoms. The van der Waals surface area contributed by atoms with Crippen LogP contribution in [0.25, 0.3) is 0 Å². The van der Waals surface area contributed by atoms with Gasteiger partial charge in [-0.2, -0.15) is 0 Å². The molecule has 0 saturated carbocycles. The van der Waals surface area contributed by atoms with Gasteiger partial charge in [0.1, 0.15) is 5.76 Å². The number of nitrogens with two attached hydrogens (primary N) is 1. The van der Waals surface area contributed by atoms with E-state index in [-0.39, 0.29) is 18.8 Å². The summed E-state index contributed by atoms with van der Waals surface area (Å²) >= 11 is 0. The summed E-state index contributed by atoms with van der Waals surface area (Å²) in [7, 11) is 0. The van der Waals surface area contributed by atoms with Crippen LogP contribution in [0.5, 0.6) is 0 Å². The zero-order valence-electron chi connectivity index (χ0n) is 11.2. The van der Waals surface area contributed by atoms with Gasteiger partial charge in [0.05, 0.1) is 18.3 Å². The van der Waals surface area contributed by atoms with Crippen molar-refractivity contribution in [3.63, 3.8) is 0 Å². The third-order valence-corrected chi connectivity index (χ3v) is 3.22. The number of aliphatic hydroxyl groups is 3. The van der Waals surface area contributed by atoms with E-state index in [9.17, 15) is 10.2 Å². The van der Waals surface area contributed by atoms with Gasteiger partial charge in [0.2, 0.25) is 0 Å². The van der Waals surface area contributed by atoms with Crippen molar-refractivity contribution in [2.45, 2.75) is 50.4 Å². The minimum Gasteiger partial charge on any atom is -0.508 e. The highest BCUT2D eigenvalue weighted by Crippen LogP contribution is 2.24. The normalized spacial score (nSPS) is 32.8. The van der Waals surface area contributed by atoms with Crippen molar-refractivity contribution in [1.29, 1.82) is 0 Å². The molecule has 0 bridgehead atoms. The third-order valence-electron chi connectivity index (χ3n) is 3.22. The van der Waals surface area contributed by atoms with E-state index in [1.165, 1.54) is 0 Å². The molecule has 1 aliphatic rings. The average molecular weight is 273 g/mol. The monoisotopic (exact) mass is 273 g/mol. The Morgan fingerprint density at radius 3 is 2.63 bits per heavy atom. The van der Waals surface area contributed by atoms with E-state index in [1.54, 1.807) is 6.92 Å². The molecule has 1 aliphatic heterocycles. The van der Waals surface area contributed by atoms with Gasteiger partial charge in [0.15, 0.2) is 6.29 Å². The first-order valence-corrected chi connectivity index (χ1v) is 6.29. The van der Waals surface area contributed by atoms with Crippen LogP contribution < -0.4 is 5.73 Å². The summed E-state index contributed by atoms with van der Waals surface area (Å²) in [5.74, 6) is -0.188. The van der Waals surface area contributed by atoms with Crippen LogP contribution >= 0.6 is 0 Å². The van der Waals surface area contributed by atoms with Crippen LogP contribution in [0.2, 0.25) is 0 Å². The minimum absolute atomic E-state index is 0.117. The second-order valence-electron chi connectivity index (χ2n) is 4.77. The van der Waals surface area contributed by atoms with Gasteiger partial charge in [-0.25, -0.2) is 0 Å². The maximum Gasteiger partial charge on any atom is 0.160 e. The van der Waals surface area contributed by atoms with Crippen LogP contribution in [-0.4, -0.2) is 52.6 Å². The summed E-state index contributed by atoms with van der Waals surface area (Å²) in [6.07, 6.45) is -1.77. The van der Waals surface area contributed by atoms with Gasteiger partial charge in [0, 0.05) is 31.1 Å². The first kappa shape index (κ1) is 16.1. The lowest BCUT2D eigenvalue weighted by Crippen LogP contribution is -2.52. The first-order valence-electron chi connectivity index (χ1n) is 6.29. The molecule has 0 aromatic rings. The lowest BCUT2D eigenvalue weighted by molar-refractivity contribution is -0.235. The van der Waals surface area contributed by atoms with E-state index in [0.717, 1.165) is 0 Å². The molecule has 0 aliphatic carbocycles. The molecule has 1 heterocycles. The van der Waals surface area contributed by atoms with Gasteiger partial charge < -0.3 is 30.5 Å². The zero-order valence-corrected chi connectivity index (χ0v) is 11.2. The van der Waals surface area contributed by atoms with Crippen molar-refractivity contribution < 1.29 is 24.8 Å². The van der Waals surface area contributed by atoms with Crippen molar-refractivity contribution >= 4 is 0 Å². The fraction of sp³-hybridized carbons (Fsp3) is 0.692. The SMILES string of the molecule is C=C(O)C(=C)[C@H](CCO)OC1C[C@H](N)[C@H](O)[C@H](C)O1. The molecule has 1 fully saturated rings. The fourth-order valence-electron chi connectivity index (χ4n) is 1.98. The van der Waals surface area contributed by atoms with Crippen LogP contribution in [0.1, 0.15) is 19.8 Å². The van der Waals surface area contributed by atoms with Gasteiger partial charge in [-0.05, 0) is 6.92 Å². The van der Waals surface area contributed by atoms with E-state index in [2.05, 4.69) is 13.2 Å². The predicted molar refractivity (Wildman–Crippen MR) is 70.4 cm³/mol. The number of rotatable bonds is 6. The van der Waals surface area contributed by atoms with Crippen LogP contribution in [0.4, 0.5) is 0 Å². The molecule has 6 heteroatoms. The summed E-state index contributed by atoms with van der Waals surface area (Å²) in [6, 6.07) is -0.436. The molecule has 0 amide bonds. The molecular weight excluding hydrogens is 250 g/mol. The van der Waals surface area contributed by atoms with Crippen molar-refractivity contribution in [1.82, 2.24) is 0 Å². The third kappa shape index (κ3) is 4.29. The summed E-state index contributed by atoms with van der Waals surface area (Å²) in [5, 5.41) is 28.0. The second kappa shape index (κ2) is 7.02. The number of hydrogen-bond donors (Lipinski definition) is 4. The summed E-state index contributed by atoms with van der Waals surface area (Å²) in [4.78, 5) is 0. The molecule has 0 aromatic heterocycles. The summed E-state index contributed by atoms with van der Waals surface area (Å²) in [6.45, 7) is 8.64. The Morgan fingerprint density at radius 1 is 1.53 bits per heavy atom. The molecule has 1 unspecified atom stereocenters. The van der Waals surface area contributed by atoms with Crippen molar-refractivity contribution in [2.75, 3.05) is 6.61 Å². The van der Waals surface area contributed by atoms with Crippen LogP contribution in [0.15, 0.2) is 24.5 Å². The predicted octanol–water partition coefficient (Wildman–Crippen LogP) is 0.205. The number of aliphatic hydroxyl groups excluding tert-OH is 3. The Morgan fingerprint density at radius 2 is 2.16 bits per heavy atom. The molecule has 6 nitrogen and oxygen atoms in total. The van der Waals surface area contributed by atoms with E-state index >= 15 is 0 Å². The molecule has 0 spiro atoms. The average Bonchev–Trinajstić information content (AvgIpc) is 2.34. The fourth-order valence-corrected chi connectivity index (χ4v) is 1.98. The second-order valence-corrected chi connectivity index (χ2v) is 4.77. The molecule has 0 radical (unpaired) electrons. The Labute approximate surface area is 113 Å². The van der Waals surface area contributed by atoms with E-state index in [1.807, 2.05) is 0 Å². The maximum absolute atomic E-state index is 9.68. The standard InChI is InChI=1S/C13H23NO5/c1-7(8(2)16)11(4-5-15)19-12-6-10(14)13(17)9(3)18-12/h9-13,15-17H,1-2,4-6,14H2,3H3/t9-,10-,11-,12?,13+/m0/s1. The van der Waals surface area contributed by atoms with Crippen molar-refractivity contribution in [3.05, 3.63) is 24.5 Å². The highest BCUT2D eigenvalue weighted by Gasteiger charge is 2.35. The smallest absolute Gasteiger partial charge is 0.160 e. The molecule has 5 N–H and O–H groups in total. The lowest BCUT2D eigenvalue weighted by atomic mass is 10.0. The van der Waals surface area contributed by atoms with Gasteiger partial charge >= 0.3 is 0 Å². The van der Waals surface area contributed by atoms with Gasteiger partial charge in [0.25, 0.3) is 0 Å². The quantitative estimate of drug-likeness (QED) is 0.407. The number of hydrogen-bond acceptors (Lipinski definition) is 6. The largest absolute Gasteiger partial charge is 0.508 e. The molecule has 1 saturated heterocycles. The Hall–Kier alpha value is -0.920. The highest BCUT2D eigenvalue weighted by molar-refractivity contribution is 5.22. The molecule has 110 valence electrons. The topological polar surface area (TPSA) is 105 Å². The highest BCUT2D eigenvalue weighted by atomic mass is 16.7. The lowest BCUT2D eigenvalue weighted by Gasteiger charge is -2.37. The van der Waals surface area contributed by atoms with Gasteiger partial charge in [-0.3, -0.25) is 0 Å². The molecule has 0 aromatic carbocycles. The molecule has 5 atom stereocenters. The number of ether oxygens (including phenoxy) is 2. The van der Waals surface area contributed by atoms with Gasteiger partial charge in [-0.15, -0.1) is 0 Å². The molecular formula is C13H23NO5. The van der Waals surface area contributed by atoms with Crippen LogP contribution in [0.3, 0.4) is 0 Å². The van der Waals surface area contributed by atoms with E-state index < -0.39 is 30.6 Å².